The number of pyridine rings is 1. The molecule has 4 aliphatic heterocycles. The van der Waals surface area contributed by atoms with Gasteiger partial charge in [0.1, 0.15) is 23.9 Å². The number of methoxy groups -OCH3 is 1. The lowest BCUT2D eigenvalue weighted by Gasteiger charge is -2.36. The zero-order valence-electron chi connectivity index (χ0n) is 23.6. The molecule has 4 fully saturated rings. The van der Waals surface area contributed by atoms with Crippen LogP contribution in [0.2, 0.25) is 0 Å². The summed E-state index contributed by atoms with van der Waals surface area (Å²) in [6.45, 7) is 5.18. The average Bonchev–Trinajstić information content (AvgIpc) is 3.60. The van der Waals surface area contributed by atoms with E-state index >= 15 is 0 Å². The van der Waals surface area contributed by atoms with Crippen molar-refractivity contribution in [2.45, 2.75) is 83.0 Å². The smallest absolute Gasteiger partial charge is 0.418 e. The number of nitrogens with zero attached hydrogens (tertiary/aromatic N) is 5. The molecule has 5 atom stereocenters. The third-order valence-corrected chi connectivity index (χ3v) is 9.26. The normalized spacial score (nSPS) is 29.1. The Balaban J connectivity index is 0.000000283. The van der Waals surface area contributed by atoms with Gasteiger partial charge >= 0.3 is 12.2 Å². The highest BCUT2D eigenvalue weighted by molar-refractivity contribution is 5.52. The molecule has 8 nitrogen and oxygen atoms in total. The number of aromatic nitrogens is 3. The molecule has 5 aliphatic rings. The Morgan fingerprint density at radius 1 is 1.05 bits per heavy atom. The first kappa shape index (κ1) is 28.4. The summed E-state index contributed by atoms with van der Waals surface area (Å²) < 4.78 is 65.3. The highest BCUT2D eigenvalue weighted by Gasteiger charge is 2.41. The number of alkyl halides is 4. The summed E-state index contributed by atoms with van der Waals surface area (Å²) in [5, 5.41) is 0. The Morgan fingerprint density at radius 3 is 2.49 bits per heavy atom. The minimum Gasteiger partial charge on any atom is -0.467 e. The molecule has 224 valence electrons. The van der Waals surface area contributed by atoms with Crippen molar-refractivity contribution in [3.8, 4) is 6.01 Å². The number of halogens is 4. The minimum atomic E-state index is -4.56. The van der Waals surface area contributed by atoms with Gasteiger partial charge < -0.3 is 20.1 Å². The number of anilines is 2. The topological polar surface area (TPSA) is 89.6 Å². The van der Waals surface area contributed by atoms with Crippen molar-refractivity contribution < 1.29 is 27.0 Å². The molecule has 5 unspecified atom stereocenters. The number of hydrogen-bond donors (Lipinski definition) is 1. The second-order valence-corrected chi connectivity index (χ2v) is 12.2. The summed E-state index contributed by atoms with van der Waals surface area (Å²) in [5.41, 5.74) is 6.27. The quantitative estimate of drug-likeness (QED) is 0.508. The molecule has 0 spiro atoms. The van der Waals surface area contributed by atoms with Crippen molar-refractivity contribution in [3.05, 3.63) is 34.1 Å². The predicted octanol–water partition coefficient (Wildman–Crippen LogP) is 5.03. The van der Waals surface area contributed by atoms with Gasteiger partial charge in [-0.2, -0.15) is 23.1 Å². The van der Waals surface area contributed by atoms with Crippen LogP contribution < -0.4 is 15.4 Å². The second kappa shape index (κ2) is 11.2. The third-order valence-electron chi connectivity index (χ3n) is 9.26. The fourth-order valence-electron chi connectivity index (χ4n) is 7.49. The summed E-state index contributed by atoms with van der Waals surface area (Å²) in [4.78, 5) is 17.7. The van der Waals surface area contributed by atoms with Crippen LogP contribution in [0.4, 0.5) is 29.2 Å². The van der Waals surface area contributed by atoms with E-state index in [-0.39, 0.29) is 36.1 Å². The second-order valence-electron chi connectivity index (χ2n) is 12.2. The lowest BCUT2D eigenvalue weighted by atomic mass is 9.95. The van der Waals surface area contributed by atoms with Gasteiger partial charge in [0, 0.05) is 37.7 Å². The minimum absolute atomic E-state index is 0.0270. The van der Waals surface area contributed by atoms with Crippen LogP contribution in [-0.4, -0.2) is 65.4 Å². The first-order chi connectivity index (χ1) is 19.6. The van der Waals surface area contributed by atoms with E-state index in [0.29, 0.717) is 30.1 Å². The van der Waals surface area contributed by atoms with E-state index in [2.05, 4.69) is 24.8 Å². The molecule has 0 aromatic carbocycles. The highest BCUT2D eigenvalue weighted by Crippen LogP contribution is 2.43. The molecular formula is C29H38F4N6O2. The maximum Gasteiger partial charge on any atom is 0.418 e. The third kappa shape index (κ3) is 5.82. The number of aryl methyl sites for hydroxylation is 1. The molecule has 2 aromatic heterocycles. The molecule has 0 radical (unpaired) electrons. The Kier molecular flexibility index (Phi) is 7.73. The van der Waals surface area contributed by atoms with Crippen LogP contribution in [0.5, 0.6) is 6.01 Å². The SMILES string of the molecule is COc1nc2c(c(N3CC4CCC(C4)C3)n1)COC(c1nc(N)cc(C)c1C(F)(F)F)C2.FC1CC2CCCN2C1. The van der Waals surface area contributed by atoms with Crippen molar-refractivity contribution in [1.82, 2.24) is 19.9 Å². The monoisotopic (exact) mass is 578 g/mol. The van der Waals surface area contributed by atoms with Crippen LogP contribution in [-0.2, 0) is 23.9 Å². The largest absolute Gasteiger partial charge is 0.467 e. The number of nitrogens with two attached hydrogens (primary N) is 1. The lowest BCUT2D eigenvalue weighted by Crippen LogP contribution is -2.38. The molecule has 1 aliphatic carbocycles. The zero-order chi connectivity index (χ0) is 28.9. The maximum absolute atomic E-state index is 13.8. The van der Waals surface area contributed by atoms with Gasteiger partial charge in [0.25, 0.3) is 0 Å². The van der Waals surface area contributed by atoms with Crippen LogP contribution >= 0.6 is 0 Å². The van der Waals surface area contributed by atoms with Crippen LogP contribution in [0, 0.1) is 18.8 Å². The lowest BCUT2D eigenvalue weighted by molar-refractivity contribution is -0.140. The molecule has 0 amide bonds. The number of rotatable bonds is 3. The van der Waals surface area contributed by atoms with Crippen molar-refractivity contribution in [1.29, 1.82) is 0 Å². The highest BCUT2D eigenvalue weighted by atomic mass is 19.4. The van der Waals surface area contributed by atoms with E-state index in [4.69, 9.17) is 15.2 Å². The van der Waals surface area contributed by atoms with E-state index in [1.54, 1.807) is 0 Å². The van der Waals surface area contributed by atoms with Gasteiger partial charge in [-0.05, 0) is 75.5 Å². The van der Waals surface area contributed by atoms with Gasteiger partial charge in [-0.25, -0.2) is 9.37 Å². The van der Waals surface area contributed by atoms with Crippen molar-refractivity contribution in [2.75, 3.05) is 43.9 Å². The van der Waals surface area contributed by atoms with Crippen LogP contribution in [0.3, 0.4) is 0 Å². The van der Waals surface area contributed by atoms with Crippen molar-refractivity contribution in [2.24, 2.45) is 11.8 Å². The van der Waals surface area contributed by atoms with Gasteiger partial charge in [-0.1, -0.05) is 0 Å². The summed E-state index contributed by atoms with van der Waals surface area (Å²) in [6, 6.07) is 2.06. The van der Waals surface area contributed by atoms with Crippen LogP contribution in [0.25, 0.3) is 0 Å². The first-order valence-electron chi connectivity index (χ1n) is 14.6. The number of piperidine rings is 1. The average molecular weight is 579 g/mol. The first-order valence-corrected chi connectivity index (χ1v) is 14.6. The zero-order valence-corrected chi connectivity index (χ0v) is 23.6. The van der Waals surface area contributed by atoms with Gasteiger partial charge in [0.15, 0.2) is 0 Å². The summed E-state index contributed by atoms with van der Waals surface area (Å²) in [6.07, 6.45) is 1.18. The number of fused-ring (bicyclic) bond motifs is 4. The number of nitrogen functional groups attached to an aromatic ring is 1. The standard InChI is InChI=1S/C22H26F3N5O2.C7H12FN/c1-11-5-17(26)28-19(18(11)22(23,24)25)16-7-15-14(10-32-16)20(29-21(27-15)31-2)30-8-12-3-4-13(6-12)9-30;8-6-4-7-2-1-3-9(7)5-6/h5,12-13,16H,3-4,6-10H2,1-2H3,(H2,26,28);6-7H,1-5H2. The van der Waals surface area contributed by atoms with Gasteiger partial charge in [0.05, 0.1) is 30.7 Å². The van der Waals surface area contributed by atoms with E-state index in [1.165, 1.54) is 52.2 Å². The van der Waals surface area contributed by atoms with Gasteiger partial charge in [0.2, 0.25) is 0 Å². The molecule has 2 bridgehead atoms. The molecule has 2 N–H and O–H groups in total. The van der Waals surface area contributed by atoms with E-state index in [0.717, 1.165) is 37.4 Å². The number of hydrogen-bond acceptors (Lipinski definition) is 8. The van der Waals surface area contributed by atoms with E-state index < -0.39 is 24.0 Å². The Morgan fingerprint density at radius 2 is 1.80 bits per heavy atom. The van der Waals surface area contributed by atoms with Crippen LogP contribution in [0.1, 0.15) is 72.7 Å². The predicted molar refractivity (Wildman–Crippen MR) is 145 cm³/mol. The fourth-order valence-corrected chi connectivity index (χ4v) is 7.49. The molecular weight excluding hydrogens is 540 g/mol. The molecule has 7 rings (SSSR count). The molecule has 1 saturated carbocycles. The molecule has 41 heavy (non-hydrogen) atoms. The fraction of sp³-hybridized carbons (Fsp3) is 0.690. The van der Waals surface area contributed by atoms with E-state index in [1.807, 2.05) is 0 Å². The number of ether oxygens (including phenoxy) is 2. The summed E-state index contributed by atoms with van der Waals surface area (Å²) >= 11 is 0. The van der Waals surface area contributed by atoms with Crippen molar-refractivity contribution >= 4 is 11.6 Å². The Bertz CT molecular complexity index is 1250. The molecule has 3 saturated heterocycles. The Labute approximate surface area is 237 Å². The van der Waals surface area contributed by atoms with Crippen molar-refractivity contribution in [3.63, 3.8) is 0 Å². The van der Waals surface area contributed by atoms with E-state index in [9.17, 15) is 17.6 Å². The molecule has 2 aromatic rings. The molecule has 12 heteroatoms. The van der Waals surface area contributed by atoms with Gasteiger partial charge in [-0.15, -0.1) is 0 Å². The van der Waals surface area contributed by atoms with Gasteiger partial charge in [-0.3, -0.25) is 4.90 Å². The molecule has 6 heterocycles. The Hall–Kier alpha value is -2.73. The summed E-state index contributed by atoms with van der Waals surface area (Å²) in [7, 11) is 1.49. The van der Waals surface area contributed by atoms with Crippen LogP contribution in [0.15, 0.2) is 6.07 Å². The summed E-state index contributed by atoms with van der Waals surface area (Å²) in [5.74, 6) is 2.10. The maximum atomic E-state index is 13.8.